The number of aliphatic carboxylic acids is 2. The molecule has 0 aliphatic carbocycles. The van der Waals surface area contributed by atoms with Gasteiger partial charge in [-0.25, -0.2) is 4.79 Å². The third-order valence-electron chi connectivity index (χ3n) is 3.04. The third kappa shape index (κ3) is 5.04. The molecule has 8 heteroatoms. The molecule has 8 nitrogen and oxygen atoms in total. The lowest BCUT2D eigenvalue weighted by atomic mass is 10.1. The van der Waals surface area contributed by atoms with Crippen LogP contribution in [-0.2, 0) is 14.3 Å². The Morgan fingerprint density at radius 3 is 2.05 bits per heavy atom. The van der Waals surface area contributed by atoms with Crippen LogP contribution in [0.3, 0.4) is 0 Å². The summed E-state index contributed by atoms with van der Waals surface area (Å²) in [6.07, 6.45) is 1.46. The summed E-state index contributed by atoms with van der Waals surface area (Å²) < 4.78 is 5.46. The van der Waals surface area contributed by atoms with E-state index in [1.54, 1.807) is 0 Å². The number of hydrogen-bond acceptors (Lipinski definition) is 4. The fraction of sp³-hybridized carbons (Fsp3) is 0.750. The van der Waals surface area contributed by atoms with E-state index in [9.17, 15) is 14.4 Å². The second-order valence-electron chi connectivity index (χ2n) is 4.57. The fourth-order valence-electron chi connectivity index (χ4n) is 2.17. The molecule has 0 saturated carbocycles. The Kier molecular flexibility index (Phi) is 6.23. The van der Waals surface area contributed by atoms with Crippen molar-refractivity contribution in [2.24, 2.45) is 0 Å². The molecule has 1 fully saturated rings. The molecule has 114 valence electrons. The van der Waals surface area contributed by atoms with Crippen LogP contribution in [0.5, 0.6) is 0 Å². The van der Waals surface area contributed by atoms with Crippen molar-refractivity contribution >= 4 is 18.0 Å². The largest absolute Gasteiger partial charge is 0.480 e. The summed E-state index contributed by atoms with van der Waals surface area (Å²) in [5.74, 6) is -2.47. The topological polar surface area (TPSA) is 107 Å². The normalized spacial score (nSPS) is 15.9. The Hall–Kier alpha value is -1.83. The van der Waals surface area contributed by atoms with Crippen molar-refractivity contribution < 1.29 is 29.3 Å². The number of piperidine rings is 1. The minimum absolute atomic E-state index is 0.108. The summed E-state index contributed by atoms with van der Waals surface area (Å²) in [5.41, 5.74) is 0. The van der Waals surface area contributed by atoms with E-state index in [4.69, 9.17) is 14.9 Å². The molecule has 0 spiro atoms. The van der Waals surface area contributed by atoms with Gasteiger partial charge in [-0.05, 0) is 19.8 Å². The molecule has 0 aromatic carbocycles. The van der Waals surface area contributed by atoms with E-state index in [-0.39, 0.29) is 6.10 Å². The van der Waals surface area contributed by atoms with Crippen LogP contribution in [0, 0.1) is 0 Å². The molecule has 0 radical (unpaired) electrons. The zero-order valence-electron chi connectivity index (χ0n) is 11.4. The highest BCUT2D eigenvalue weighted by Gasteiger charge is 2.28. The summed E-state index contributed by atoms with van der Waals surface area (Å²) in [4.78, 5) is 35.8. The molecule has 1 aliphatic rings. The van der Waals surface area contributed by atoms with Gasteiger partial charge in [-0.2, -0.15) is 0 Å². The van der Waals surface area contributed by atoms with Gasteiger partial charge >= 0.3 is 18.0 Å². The number of likely N-dealkylation sites (tertiary alicyclic amines) is 1. The number of carboxylic acids is 2. The Bertz CT molecular complexity index is 349. The standard InChI is InChI=1S/C12H20N2O6/c1-2-20-9-3-5-13(6-4-9)12(19)14(7-10(15)16)8-11(17)18/h9H,2-8H2,1H3,(H,15,16)(H,17,18). The lowest BCUT2D eigenvalue weighted by Gasteiger charge is -2.34. The highest BCUT2D eigenvalue weighted by molar-refractivity contribution is 5.84. The van der Waals surface area contributed by atoms with Gasteiger partial charge in [0.15, 0.2) is 0 Å². The van der Waals surface area contributed by atoms with Gasteiger partial charge in [0.1, 0.15) is 13.1 Å². The molecule has 1 rings (SSSR count). The second-order valence-corrected chi connectivity index (χ2v) is 4.57. The molecule has 20 heavy (non-hydrogen) atoms. The maximum atomic E-state index is 12.1. The first kappa shape index (κ1) is 16.2. The van der Waals surface area contributed by atoms with E-state index >= 15 is 0 Å². The molecular formula is C12H20N2O6. The average Bonchev–Trinajstić information content (AvgIpc) is 2.37. The number of carbonyl (C=O) groups excluding carboxylic acids is 1. The van der Waals surface area contributed by atoms with Gasteiger partial charge in [0.05, 0.1) is 6.10 Å². The van der Waals surface area contributed by atoms with E-state index in [0.717, 1.165) is 4.90 Å². The van der Waals surface area contributed by atoms with E-state index in [1.807, 2.05) is 6.92 Å². The molecule has 1 aliphatic heterocycles. The molecule has 1 saturated heterocycles. The van der Waals surface area contributed by atoms with Crippen LogP contribution in [-0.4, -0.2) is 76.9 Å². The average molecular weight is 288 g/mol. The molecule has 0 bridgehead atoms. The second kappa shape index (κ2) is 7.68. The van der Waals surface area contributed by atoms with Crippen LogP contribution >= 0.6 is 0 Å². The molecular weight excluding hydrogens is 268 g/mol. The van der Waals surface area contributed by atoms with Gasteiger partial charge in [-0.15, -0.1) is 0 Å². The van der Waals surface area contributed by atoms with Crippen molar-refractivity contribution in [3.63, 3.8) is 0 Å². The lowest BCUT2D eigenvalue weighted by molar-refractivity contribution is -0.140. The SMILES string of the molecule is CCOC1CCN(C(=O)N(CC(=O)O)CC(=O)O)CC1. The van der Waals surface area contributed by atoms with Crippen molar-refractivity contribution in [3.05, 3.63) is 0 Å². The monoisotopic (exact) mass is 288 g/mol. The van der Waals surface area contributed by atoms with Crippen molar-refractivity contribution in [2.45, 2.75) is 25.9 Å². The third-order valence-corrected chi connectivity index (χ3v) is 3.04. The lowest BCUT2D eigenvalue weighted by Crippen LogP contribution is -2.50. The van der Waals surface area contributed by atoms with Gasteiger partial charge in [-0.3, -0.25) is 9.59 Å². The first-order valence-electron chi connectivity index (χ1n) is 6.53. The Balaban J connectivity index is 2.57. The van der Waals surface area contributed by atoms with Crippen molar-refractivity contribution in [3.8, 4) is 0 Å². The summed E-state index contributed by atoms with van der Waals surface area (Å²) in [6, 6.07) is -0.551. The van der Waals surface area contributed by atoms with Gasteiger partial charge in [0, 0.05) is 19.7 Å². The van der Waals surface area contributed by atoms with Gasteiger partial charge in [0.25, 0.3) is 0 Å². The molecule has 0 aromatic heterocycles. The maximum absolute atomic E-state index is 12.1. The number of carbonyl (C=O) groups is 3. The van der Waals surface area contributed by atoms with Crippen LogP contribution < -0.4 is 0 Å². The van der Waals surface area contributed by atoms with Gasteiger partial charge < -0.3 is 24.7 Å². The first-order chi connectivity index (χ1) is 9.43. The first-order valence-corrected chi connectivity index (χ1v) is 6.53. The quantitative estimate of drug-likeness (QED) is 0.716. The van der Waals surface area contributed by atoms with E-state index in [2.05, 4.69) is 0 Å². The van der Waals surface area contributed by atoms with Crippen LogP contribution in [0.15, 0.2) is 0 Å². The number of amides is 2. The summed E-state index contributed by atoms with van der Waals surface area (Å²) in [5, 5.41) is 17.5. The minimum atomic E-state index is -1.23. The van der Waals surface area contributed by atoms with Crippen LogP contribution in [0.4, 0.5) is 4.79 Å². The highest BCUT2D eigenvalue weighted by Crippen LogP contribution is 2.15. The smallest absolute Gasteiger partial charge is 0.323 e. The number of urea groups is 1. The van der Waals surface area contributed by atoms with Crippen molar-refractivity contribution in [2.75, 3.05) is 32.8 Å². The molecule has 0 atom stereocenters. The molecule has 1 heterocycles. The van der Waals surface area contributed by atoms with E-state index < -0.39 is 31.1 Å². The predicted octanol–water partition coefficient (Wildman–Crippen LogP) is 0.0785. The summed E-state index contributed by atoms with van der Waals surface area (Å²) >= 11 is 0. The van der Waals surface area contributed by atoms with E-state index in [0.29, 0.717) is 32.5 Å². The van der Waals surface area contributed by atoms with Crippen molar-refractivity contribution in [1.29, 1.82) is 0 Å². The number of hydrogen-bond donors (Lipinski definition) is 2. The van der Waals surface area contributed by atoms with Crippen molar-refractivity contribution in [1.82, 2.24) is 9.80 Å². The predicted molar refractivity (Wildman–Crippen MR) is 68.5 cm³/mol. The molecule has 0 unspecified atom stereocenters. The maximum Gasteiger partial charge on any atom is 0.323 e. The highest BCUT2D eigenvalue weighted by atomic mass is 16.5. The van der Waals surface area contributed by atoms with Gasteiger partial charge in [0.2, 0.25) is 0 Å². The molecule has 2 N–H and O–H groups in total. The van der Waals surface area contributed by atoms with Crippen LogP contribution in [0.1, 0.15) is 19.8 Å². The van der Waals surface area contributed by atoms with Gasteiger partial charge in [-0.1, -0.05) is 0 Å². The number of rotatable bonds is 6. The van der Waals surface area contributed by atoms with E-state index in [1.165, 1.54) is 4.90 Å². The zero-order valence-corrected chi connectivity index (χ0v) is 11.4. The zero-order chi connectivity index (χ0) is 15.1. The Labute approximate surface area is 116 Å². The summed E-state index contributed by atoms with van der Waals surface area (Å²) in [7, 11) is 0. The van der Waals surface area contributed by atoms with Crippen LogP contribution in [0.25, 0.3) is 0 Å². The Morgan fingerprint density at radius 2 is 1.65 bits per heavy atom. The number of carboxylic acid groups (broad SMARTS) is 2. The minimum Gasteiger partial charge on any atom is -0.480 e. The fourth-order valence-corrected chi connectivity index (χ4v) is 2.17. The molecule has 0 aromatic rings. The number of ether oxygens (including phenoxy) is 1. The summed E-state index contributed by atoms with van der Waals surface area (Å²) in [6.45, 7) is 2.17. The van der Waals surface area contributed by atoms with Crippen LogP contribution in [0.2, 0.25) is 0 Å². The Morgan fingerprint density at radius 1 is 1.15 bits per heavy atom. The number of nitrogens with zero attached hydrogens (tertiary/aromatic N) is 2. The molecule has 2 amide bonds.